The molecule has 0 spiro atoms. The first-order valence-corrected chi connectivity index (χ1v) is 16.5. The number of nitrogens with zero attached hydrogens (tertiary/aromatic N) is 2. The average Bonchev–Trinajstić information content (AvgIpc) is 3.43. The molecule has 2 saturated heterocycles. The van der Waals surface area contributed by atoms with Gasteiger partial charge in [0.25, 0.3) is 11.8 Å². The van der Waals surface area contributed by atoms with Gasteiger partial charge in [-0.3, -0.25) is 29.5 Å². The largest absolute Gasteiger partial charge is 0.507 e. The number of hydrogen-bond donors (Lipinski definition) is 2. The van der Waals surface area contributed by atoms with Crippen molar-refractivity contribution in [2.24, 2.45) is 23.7 Å². The minimum atomic E-state index is -1.56. The standard InChI is InChI=1S/C37H33Cl2N3O6/c1-4-6-19-7-5-8-25(32(19)43)31-23-14-15-24-30(35(46)41(2)33(24)44)26(23)18-27-34(45)42(40-29-16-11-21(38)17-28(29)39)36(47)37(27,31)20-9-12-22(48-3)13-10-20/h4-5,7-14,16-17,24,26-27,30-31,40,43H,1,6,15,18H2,2-3H3/t24-,26+,27-,30-,31+,37+/m0/s1. The zero-order valence-corrected chi connectivity index (χ0v) is 27.8. The van der Waals surface area contributed by atoms with E-state index in [1.165, 1.54) is 18.0 Å². The highest BCUT2D eigenvalue weighted by Gasteiger charge is 2.70. The van der Waals surface area contributed by atoms with E-state index in [0.29, 0.717) is 46.0 Å². The van der Waals surface area contributed by atoms with Crippen molar-refractivity contribution in [1.29, 1.82) is 0 Å². The Morgan fingerprint density at radius 1 is 1.02 bits per heavy atom. The number of para-hydroxylation sites is 1. The van der Waals surface area contributed by atoms with Crippen LogP contribution in [0, 0.1) is 23.7 Å². The van der Waals surface area contributed by atoms with Crippen LogP contribution < -0.4 is 10.2 Å². The number of hydrazine groups is 1. The molecule has 0 radical (unpaired) electrons. The molecule has 0 aromatic heterocycles. The Kier molecular flexibility index (Phi) is 7.88. The molecule has 3 aromatic rings. The number of carbonyl (C=O) groups is 4. The lowest BCUT2D eigenvalue weighted by Crippen LogP contribution is -2.53. The van der Waals surface area contributed by atoms with Gasteiger partial charge in [0, 0.05) is 23.6 Å². The second-order valence-corrected chi connectivity index (χ2v) is 13.6. The minimum Gasteiger partial charge on any atom is -0.507 e. The van der Waals surface area contributed by atoms with Crippen LogP contribution in [0.3, 0.4) is 0 Å². The number of fused-ring (bicyclic) bond motifs is 4. The van der Waals surface area contributed by atoms with E-state index in [2.05, 4.69) is 12.0 Å². The van der Waals surface area contributed by atoms with Crippen LogP contribution in [-0.2, 0) is 31.0 Å². The van der Waals surface area contributed by atoms with Gasteiger partial charge in [0.2, 0.25) is 11.8 Å². The Morgan fingerprint density at radius 2 is 1.77 bits per heavy atom. The molecule has 2 aliphatic carbocycles. The summed E-state index contributed by atoms with van der Waals surface area (Å²) >= 11 is 12.6. The summed E-state index contributed by atoms with van der Waals surface area (Å²) in [5, 5.41) is 13.5. The normalized spacial score (nSPS) is 27.8. The van der Waals surface area contributed by atoms with E-state index in [4.69, 9.17) is 27.9 Å². The predicted molar refractivity (Wildman–Crippen MR) is 180 cm³/mol. The number of anilines is 1. The van der Waals surface area contributed by atoms with Gasteiger partial charge in [-0.2, -0.15) is 5.01 Å². The predicted octanol–water partition coefficient (Wildman–Crippen LogP) is 6.05. The van der Waals surface area contributed by atoms with E-state index in [0.717, 1.165) is 10.6 Å². The lowest BCUT2D eigenvalue weighted by Gasteiger charge is -2.50. The molecular formula is C37H33Cl2N3O6. The molecule has 2 aliphatic heterocycles. The summed E-state index contributed by atoms with van der Waals surface area (Å²) in [6, 6.07) is 17.1. The number of amides is 4. The highest BCUT2D eigenvalue weighted by molar-refractivity contribution is 6.36. The molecule has 4 aliphatic rings. The number of phenolic OH excluding ortho intramolecular Hbond substituents is 1. The quantitative estimate of drug-likeness (QED) is 0.230. The first-order chi connectivity index (χ1) is 23.0. The van der Waals surface area contributed by atoms with Gasteiger partial charge in [-0.05, 0) is 66.6 Å². The third-order valence-electron chi connectivity index (χ3n) is 10.6. The smallest absolute Gasteiger partial charge is 0.260 e. The fourth-order valence-corrected chi connectivity index (χ4v) is 8.96. The molecule has 0 bridgehead atoms. The number of rotatable bonds is 7. The van der Waals surface area contributed by atoms with Gasteiger partial charge in [-0.25, -0.2) is 0 Å². The monoisotopic (exact) mass is 685 g/mol. The summed E-state index contributed by atoms with van der Waals surface area (Å²) in [5.41, 5.74) is 4.05. The molecule has 1 saturated carbocycles. The van der Waals surface area contributed by atoms with Crippen molar-refractivity contribution >= 4 is 52.5 Å². The van der Waals surface area contributed by atoms with Crippen LogP contribution >= 0.6 is 23.2 Å². The van der Waals surface area contributed by atoms with Gasteiger partial charge >= 0.3 is 0 Å². The fraction of sp³-hybridized carbons (Fsp3) is 0.297. The van der Waals surface area contributed by atoms with Crippen LogP contribution in [0.15, 0.2) is 85.0 Å². The second kappa shape index (κ2) is 11.8. The molecule has 4 amide bonds. The molecule has 3 aromatic carbocycles. The maximum Gasteiger partial charge on any atom is 0.260 e. The maximum absolute atomic E-state index is 15.3. The van der Waals surface area contributed by atoms with Crippen molar-refractivity contribution in [2.45, 2.75) is 30.6 Å². The van der Waals surface area contributed by atoms with Gasteiger partial charge < -0.3 is 9.84 Å². The number of allylic oxidation sites excluding steroid dienone is 3. The number of phenols is 1. The van der Waals surface area contributed by atoms with Crippen LogP contribution in [0.4, 0.5) is 5.69 Å². The Hall–Kier alpha value is -4.60. The number of likely N-dealkylation sites (tertiary alicyclic amines) is 1. The summed E-state index contributed by atoms with van der Waals surface area (Å²) < 4.78 is 5.44. The molecule has 3 fully saturated rings. The number of hydrogen-bond acceptors (Lipinski definition) is 7. The number of carbonyl (C=O) groups excluding carboxylic acids is 4. The van der Waals surface area contributed by atoms with E-state index in [9.17, 15) is 19.5 Å². The molecule has 9 nitrogen and oxygen atoms in total. The Bertz CT molecular complexity index is 1930. The van der Waals surface area contributed by atoms with Crippen molar-refractivity contribution in [3.8, 4) is 11.5 Å². The van der Waals surface area contributed by atoms with Crippen LogP contribution in [0.1, 0.15) is 35.4 Å². The number of nitrogens with one attached hydrogen (secondary N) is 1. The van der Waals surface area contributed by atoms with Crippen molar-refractivity contribution in [3.05, 3.63) is 112 Å². The van der Waals surface area contributed by atoms with E-state index in [1.54, 1.807) is 61.7 Å². The molecule has 0 unspecified atom stereocenters. The lowest BCUT2D eigenvalue weighted by molar-refractivity contribution is -0.140. The molecule has 11 heteroatoms. The number of methoxy groups -OCH3 is 1. The minimum absolute atomic E-state index is 0.0175. The van der Waals surface area contributed by atoms with Crippen LogP contribution in [0.2, 0.25) is 10.0 Å². The topological polar surface area (TPSA) is 116 Å². The van der Waals surface area contributed by atoms with Crippen LogP contribution in [0.25, 0.3) is 0 Å². The highest BCUT2D eigenvalue weighted by atomic mass is 35.5. The average molecular weight is 687 g/mol. The van der Waals surface area contributed by atoms with Crippen molar-refractivity contribution in [2.75, 3.05) is 19.6 Å². The van der Waals surface area contributed by atoms with Gasteiger partial charge in [0.1, 0.15) is 11.5 Å². The number of ether oxygens (including phenoxy) is 1. The summed E-state index contributed by atoms with van der Waals surface area (Å²) in [4.78, 5) is 58.1. The maximum atomic E-state index is 15.3. The Morgan fingerprint density at radius 3 is 2.46 bits per heavy atom. The summed E-state index contributed by atoms with van der Waals surface area (Å²) in [5.74, 6) is -4.74. The number of halogens is 2. The molecular weight excluding hydrogens is 653 g/mol. The Labute approximate surface area is 287 Å². The van der Waals surface area contributed by atoms with E-state index in [1.807, 2.05) is 12.1 Å². The molecule has 48 heavy (non-hydrogen) atoms. The second-order valence-electron chi connectivity index (χ2n) is 12.8. The zero-order valence-electron chi connectivity index (χ0n) is 26.3. The number of benzene rings is 3. The zero-order chi connectivity index (χ0) is 34.1. The highest BCUT2D eigenvalue weighted by Crippen LogP contribution is 2.65. The number of imide groups is 2. The first-order valence-electron chi connectivity index (χ1n) is 15.7. The van der Waals surface area contributed by atoms with Crippen molar-refractivity contribution in [1.82, 2.24) is 9.91 Å². The van der Waals surface area contributed by atoms with Crippen molar-refractivity contribution < 1.29 is 29.0 Å². The summed E-state index contributed by atoms with van der Waals surface area (Å²) in [6.07, 6.45) is 4.42. The Balaban J connectivity index is 1.50. The molecule has 246 valence electrons. The van der Waals surface area contributed by atoms with Gasteiger partial charge in [-0.15, -0.1) is 6.58 Å². The first kappa shape index (κ1) is 32.0. The van der Waals surface area contributed by atoms with Gasteiger partial charge in [0.15, 0.2) is 0 Å². The molecule has 2 N–H and O–H groups in total. The summed E-state index contributed by atoms with van der Waals surface area (Å²) in [6.45, 7) is 3.84. The van der Waals surface area contributed by atoms with Gasteiger partial charge in [-0.1, -0.05) is 71.3 Å². The van der Waals surface area contributed by atoms with E-state index >= 15 is 4.79 Å². The molecule has 6 atom stereocenters. The van der Waals surface area contributed by atoms with Crippen molar-refractivity contribution in [3.63, 3.8) is 0 Å². The third kappa shape index (κ3) is 4.51. The third-order valence-corrected chi connectivity index (χ3v) is 11.2. The number of aromatic hydroxyl groups is 1. The summed E-state index contributed by atoms with van der Waals surface area (Å²) in [7, 11) is 3.03. The van der Waals surface area contributed by atoms with Crippen LogP contribution in [-0.4, -0.2) is 52.8 Å². The molecule has 2 heterocycles. The van der Waals surface area contributed by atoms with E-state index in [-0.39, 0.29) is 29.0 Å². The van der Waals surface area contributed by atoms with E-state index < -0.39 is 46.8 Å². The fourth-order valence-electron chi connectivity index (χ4n) is 8.51. The SMILES string of the molecule is C=CCc1cccc([C@H]2C3=CC[C@@H]4C(=O)N(C)C(=O)[C@@H]4[C@@H]3C[C@H]3C(=O)N(Nc4ccc(Cl)cc4Cl)C(=O)[C@@]23c2ccc(OC)cc2)c1O. The van der Waals surface area contributed by atoms with Gasteiger partial charge in [0.05, 0.1) is 41.0 Å². The van der Waals surface area contributed by atoms with Crippen LogP contribution in [0.5, 0.6) is 11.5 Å². The molecule has 7 rings (SSSR count). The lowest BCUT2D eigenvalue weighted by atomic mass is 9.49.